The van der Waals surface area contributed by atoms with Gasteiger partial charge in [0, 0.05) is 29.1 Å². The minimum absolute atomic E-state index is 0.309. The van der Waals surface area contributed by atoms with Crippen molar-refractivity contribution in [2.45, 2.75) is 72.4 Å². The molecule has 0 aromatic heterocycles. The average Bonchev–Trinajstić information content (AvgIpc) is 2.93. The molecule has 0 aliphatic carbocycles. The highest BCUT2D eigenvalue weighted by molar-refractivity contribution is 7.89. The molecule has 4 aromatic rings. The zero-order chi connectivity index (χ0) is 30.5. The number of benzene rings is 4. The lowest BCUT2D eigenvalue weighted by molar-refractivity contribution is -0.938. The topological polar surface area (TPSA) is 37.4 Å². The van der Waals surface area contributed by atoms with Crippen molar-refractivity contribution < 1.29 is 12.9 Å². The van der Waals surface area contributed by atoms with Gasteiger partial charge in [0.2, 0.25) is 10.0 Å². The quantitative estimate of drug-likeness (QED) is 0.113. The fraction of sp³-hybridized carbons (Fsp3) is 0.389. The molecule has 0 saturated carbocycles. The zero-order valence-corrected chi connectivity index (χ0v) is 27.7. The van der Waals surface area contributed by atoms with Gasteiger partial charge in [-0.3, -0.25) is 0 Å². The standard InChI is InChI=1S/C36H46ClN2O2S/c1-7-39(8-2,26-32-22-29(5)19-30(6)23-32)17-10-9-16-38(25-31-20-27(3)18-28(4)21-31)42(40,41)34-14-15-35-33(24-34)12-11-13-36(35)37/h11-15,18-24H,7-10,16-17,25-26H2,1-6H3/q+1. The van der Waals surface area contributed by atoms with Crippen LogP contribution < -0.4 is 0 Å². The predicted octanol–water partition coefficient (Wildman–Crippen LogP) is 8.75. The second-order valence-electron chi connectivity index (χ2n) is 12.0. The van der Waals surface area contributed by atoms with E-state index in [1.165, 1.54) is 16.7 Å². The lowest BCUT2D eigenvalue weighted by Gasteiger charge is -2.37. The molecule has 0 amide bonds. The molecule has 0 aliphatic heterocycles. The average molecular weight is 606 g/mol. The largest absolute Gasteiger partial charge is 0.320 e. The molecule has 42 heavy (non-hydrogen) atoms. The maximum Gasteiger partial charge on any atom is 0.243 e. The number of fused-ring (bicyclic) bond motifs is 1. The van der Waals surface area contributed by atoms with Gasteiger partial charge in [0.25, 0.3) is 0 Å². The van der Waals surface area contributed by atoms with Crippen LogP contribution in [0.5, 0.6) is 0 Å². The molecule has 4 nitrogen and oxygen atoms in total. The molecule has 0 bridgehead atoms. The summed E-state index contributed by atoms with van der Waals surface area (Å²) in [5.41, 5.74) is 7.29. The molecule has 0 radical (unpaired) electrons. The highest BCUT2D eigenvalue weighted by Gasteiger charge is 2.27. The first kappa shape index (κ1) is 32.2. The second kappa shape index (κ2) is 13.7. The van der Waals surface area contributed by atoms with Crippen molar-refractivity contribution in [3.63, 3.8) is 0 Å². The molecule has 0 spiro atoms. The van der Waals surface area contributed by atoms with Gasteiger partial charge in [-0.2, -0.15) is 4.31 Å². The van der Waals surface area contributed by atoms with Gasteiger partial charge in [0.15, 0.2) is 0 Å². The van der Waals surface area contributed by atoms with E-state index in [1.807, 2.05) is 24.3 Å². The first-order valence-corrected chi connectivity index (χ1v) is 16.9. The smallest absolute Gasteiger partial charge is 0.243 e. The summed E-state index contributed by atoms with van der Waals surface area (Å²) in [7, 11) is -3.73. The Morgan fingerprint density at radius 2 is 1.33 bits per heavy atom. The Hall–Kier alpha value is -2.70. The third kappa shape index (κ3) is 7.82. The summed E-state index contributed by atoms with van der Waals surface area (Å²) in [6.07, 6.45) is 1.76. The number of hydrogen-bond acceptors (Lipinski definition) is 2. The normalized spacial score (nSPS) is 12.4. The molecule has 0 N–H and O–H groups in total. The number of sulfonamides is 1. The van der Waals surface area contributed by atoms with Gasteiger partial charge in [-0.05, 0) is 83.5 Å². The summed E-state index contributed by atoms with van der Waals surface area (Å²) in [5, 5.41) is 2.31. The third-order valence-corrected chi connectivity index (χ3v) is 10.7. The summed E-state index contributed by atoms with van der Waals surface area (Å²) in [5.74, 6) is 0. The van der Waals surface area contributed by atoms with E-state index in [4.69, 9.17) is 11.6 Å². The summed E-state index contributed by atoms with van der Waals surface area (Å²) < 4.78 is 30.9. The van der Waals surface area contributed by atoms with E-state index in [0.29, 0.717) is 23.0 Å². The predicted molar refractivity (Wildman–Crippen MR) is 178 cm³/mol. The fourth-order valence-electron chi connectivity index (χ4n) is 6.31. The Morgan fingerprint density at radius 1 is 0.738 bits per heavy atom. The fourth-order valence-corrected chi connectivity index (χ4v) is 8.05. The van der Waals surface area contributed by atoms with E-state index >= 15 is 0 Å². The Labute approximate surface area is 258 Å². The van der Waals surface area contributed by atoms with Crippen LogP contribution >= 0.6 is 11.6 Å². The van der Waals surface area contributed by atoms with Crippen molar-refractivity contribution in [2.24, 2.45) is 0 Å². The number of aryl methyl sites for hydroxylation is 4. The number of unbranched alkanes of at least 4 members (excludes halogenated alkanes) is 1. The van der Waals surface area contributed by atoms with E-state index in [0.717, 1.165) is 71.0 Å². The van der Waals surface area contributed by atoms with Gasteiger partial charge in [0.05, 0.1) is 24.5 Å². The highest BCUT2D eigenvalue weighted by Crippen LogP contribution is 2.28. The van der Waals surface area contributed by atoms with Crippen LogP contribution in [0.4, 0.5) is 0 Å². The van der Waals surface area contributed by atoms with Crippen LogP contribution in [0.15, 0.2) is 77.7 Å². The molecule has 0 heterocycles. The summed E-state index contributed by atoms with van der Waals surface area (Å²) in [4.78, 5) is 0.309. The number of hydrogen-bond donors (Lipinski definition) is 0. The lowest BCUT2D eigenvalue weighted by Crippen LogP contribution is -2.47. The van der Waals surface area contributed by atoms with Gasteiger partial charge < -0.3 is 4.48 Å². The molecule has 0 aliphatic rings. The minimum Gasteiger partial charge on any atom is -0.320 e. The molecule has 4 aromatic carbocycles. The molecule has 0 saturated heterocycles. The Morgan fingerprint density at radius 3 is 1.93 bits per heavy atom. The van der Waals surface area contributed by atoms with Crippen LogP contribution in [0.2, 0.25) is 5.02 Å². The molecule has 0 unspecified atom stereocenters. The second-order valence-corrected chi connectivity index (χ2v) is 14.4. The summed E-state index contributed by atoms with van der Waals surface area (Å²) in [6.45, 7) is 17.9. The van der Waals surface area contributed by atoms with Crippen molar-refractivity contribution in [1.82, 2.24) is 4.31 Å². The van der Waals surface area contributed by atoms with Crippen LogP contribution in [-0.4, -0.2) is 43.4 Å². The summed E-state index contributed by atoms with van der Waals surface area (Å²) >= 11 is 6.37. The van der Waals surface area contributed by atoms with E-state index in [2.05, 4.69) is 77.9 Å². The number of halogens is 1. The van der Waals surface area contributed by atoms with Crippen LogP contribution in [0.25, 0.3) is 10.8 Å². The van der Waals surface area contributed by atoms with E-state index in [9.17, 15) is 8.42 Å². The van der Waals surface area contributed by atoms with Crippen molar-refractivity contribution >= 4 is 32.4 Å². The van der Waals surface area contributed by atoms with Gasteiger partial charge >= 0.3 is 0 Å². The van der Waals surface area contributed by atoms with E-state index < -0.39 is 10.0 Å². The molecule has 0 fully saturated rings. The van der Waals surface area contributed by atoms with Crippen LogP contribution in [0.3, 0.4) is 0 Å². The van der Waals surface area contributed by atoms with Crippen molar-refractivity contribution in [1.29, 1.82) is 0 Å². The first-order chi connectivity index (χ1) is 19.9. The first-order valence-electron chi connectivity index (χ1n) is 15.1. The molecule has 4 rings (SSSR count). The molecule has 0 atom stereocenters. The molecular formula is C36H46ClN2O2S+. The summed E-state index contributed by atoms with van der Waals surface area (Å²) in [6, 6.07) is 24.0. The molecular weight excluding hydrogens is 560 g/mol. The van der Waals surface area contributed by atoms with Crippen LogP contribution in [0, 0.1) is 27.7 Å². The Kier molecular flexibility index (Phi) is 10.5. The minimum atomic E-state index is -3.73. The number of nitrogens with zero attached hydrogens (tertiary/aromatic N) is 2. The van der Waals surface area contributed by atoms with E-state index in [-0.39, 0.29) is 0 Å². The maximum absolute atomic E-state index is 14.1. The highest BCUT2D eigenvalue weighted by atomic mass is 35.5. The Bertz CT molecular complexity index is 1600. The third-order valence-electron chi connectivity index (χ3n) is 8.51. The van der Waals surface area contributed by atoms with Crippen molar-refractivity contribution in [2.75, 3.05) is 26.2 Å². The maximum atomic E-state index is 14.1. The van der Waals surface area contributed by atoms with Crippen LogP contribution in [-0.2, 0) is 23.1 Å². The van der Waals surface area contributed by atoms with Crippen molar-refractivity contribution in [3.05, 3.63) is 111 Å². The zero-order valence-electron chi connectivity index (χ0n) is 26.1. The van der Waals surface area contributed by atoms with Gasteiger partial charge in [-0.25, -0.2) is 8.42 Å². The number of rotatable bonds is 13. The SMILES string of the molecule is CC[N+](CC)(CCCCN(Cc1cc(C)cc(C)c1)S(=O)(=O)c1ccc2c(Cl)cccc2c1)Cc1cc(C)cc(C)c1. The van der Waals surface area contributed by atoms with Gasteiger partial charge in [0.1, 0.15) is 6.54 Å². The molecule has 224 valence electrons. The van der Waals surface area contributed by atoms with Crippen molar-refractivity contribution in [3.8, 4) is 0 Å². The lowest BCUT2D eigenvalue weighted by atomic mass is 10.1. The monoisotopic (exact) mass is 605 g/mol. The van der Waals surface area contributed by atoms with Gasteiger partial charge in [-0.1, -0.05) is 88.5 Å². The number of quaternary nitrogens is 1. The van der Waals surface area contributed by atoms with Crippen LogP contribution in [0.1, 0.15) is 60.1 Å². The van der Waals surface area contributed by atoms with Gasteiger partial charge in [-0.15, -0.1) is 0 Å². The molecule has 6 heteroatoms. The Balaban J connectivity index is 1.56. The van der Waals surface area contributed by atoms with E-state index in [1.54, 1.807) is 16.4 Å².